The Morgan fingerprint density at radius 2 is 1.71 bits per heavy atom. The number of unbranched alkanes of at least 4 members (excludes halogenated alkanes) is 5. The predicted octanol–water partition coefficient (Wildman–Crippen LogP) is 0.530. The van der Waals surface area contributed by atoms with Crippen LogP contribution in [-0.2, 0) is 30.6 Å². The second-order valence-corrected chi connectivity index (χ2v) is 9.04. The fourth-order valence-corrected chi connectivity index (χ4v) is 4.03. The zero-order chi connectivity index (χ0) is 27.6. The Bertz CT molecular complexity index is 941. The van der Waals surface area contributed by atoms with Crippen molar-refractivity contribution in [3.05, 3.63) is 29.3 Å². The lowest BCUT2D eigenvalue weighted by atomic mass is 10.0. The number of rotatable bonds is 19. The van der Waals surface area contributed by atoms with E-state index >= 15 is 0 Å². The van der Waals surface area contributed by atoms with Crippen molar-refractivity contribution < 1.29 is 28.8 Å². The zero-order valence-electron chi connectivity index (χ0n) is 22.0. The molecule has 4 amide bonds. The van der Waals surface area contributed by atoms with Crippen LogP contribution in [0.25, 0.3) is 0 Å². The zero-order valence-corrected chi connectivity index (χ0v) is 22.0. The van der Waals surface area contributed by atoms with Crippen molar-refractivity contribution in [2.75, 3.05) is 38.6 Å². The minimum absolute atomic E-state index is 0.00575. The summed E-state index contributed by atoms with van der Waals surface area (Å²) in [6.07, 6.45) is 7.37. The Labute approximate surface area is 223 Å². The van der Waals surface area contributed by atoms with E-state index in [9.17, 15) is 24.0 Å². The van der Waals surface area contributed by atoms with Gasteiger partial charge in [0, 0.05) is 44.4 Å². The van der Waals surface area contributed by atoms with Crippen LogP contribution in [0.5, 0.6) is 0 Å². The van der Waals surface area contributed by atoms with Gasteiger partial charge in [0.25, 0.3) is 0 Å². The van der Waals surface area contributed by atoms with Crippen LogP contribution in [0.15, 0.2) is 18.2 Å². The Kier molecular flexibility index (Phi) is 14.6. The number of imide groups is 1. The molecular formula is C26H40N6O6. The number of hydrogen-bond acceptors (Lipinski definition) is 9. The maximum atomic E-state index is 12.3. The van der Waals surface area contributed by atoms with Gasteiger partial charge in [0.05, 0.1) is 12.6 Å². The number of piperidine rings is 1. The molecule has 0 aromatic heterocycles. The molecule has 0 bridgehead atoms. The number of aldehydes is 1. The first kappa shape index (κ1) is 30.9. The van der Waals surface area contributed by atoms with Gasteiger partial charge in [-0.05, 0) is 30.9 Å². The minimum Gasteiger partial charge on any atom is -0.376 e. The van der Waals surface area contributed by atoms with E-state index < -0.39 is 6.04 Å². The van der Waals surface area contributed by atoms with Crippen molar-refractivity contribution in [1.29, 1.82) is 0 Å². The molecule has 0 saturated carbocycles. The van der Waals surface area contributed by atoms with Crippen LogP contribution in [0.2, 0.25) is 0 Å². The maximum absolute atomic E-state index is 12.3. The third-order valence-corrected chi connectivity index (χ3v) is 6.14. The Morgan fingerprint density at radius 3 is 2.37 bits per heavy atom. The van der Waals surface area contributed by atoms with Crippen LogP contribution in [0.4, 0.5) is 5.69 Å². The van der Waals surface area contributed by atoms with E-state index in [0.29, 0.717) is 36.3 Å². The van der Waals surface area contributed by atoms with Gasteiger partial charge in [-0.25, -0.2) is 5.48 Å². The number of carbonyl (C=O) groups excluding carboxylic acids is 5. The molecule has 1 unspecified atom stereocenters. The number of amides is 4. The average molecular weight is 533 g/mol. The molecule has 1 fully saturated rings. The molecule has 1 aliphatic heterocycles. The van der Waals surface area contributed by atoms with Crippen LogP contribution in [0.3, 0.4) is 0 Å². The van der Waals surface area contributed by atoms with E-state index in [0.717, 1.165) is 44.8 Å². The second-order valence-electron chi connectivity index (χ2n) is 9.04. The van der Waals surface area contributed by atoms with Crippen molar-refractivity contribution in [2.45, 2.75) is 64.0 Å². The smallest absolute Gasteiger partial charge is 0.248 e. The molecule has 2 rings (SSSR count). The summed E-state index contributed by atoms with van der Waals surface area (Å²) in [7, 11) is 1.61. The lowest BCUT2D eigenvalue weighted by Gasteiger charge is -2.23. The summed E-state index contributed by atoms with van der Waals surface area (Å²) in [6.45, 7) is 1.52. The molecule has 12 nitrogen and oxygen atoms in total. The number of hydroxylamine groups is 1. The predicted molar refractivity (Wildman–Crippen MR) is 142 cm³/mol. The van der Waals surface area contributed by atoms with E-state index in [1.807, 2.05) is 0 Å². The maximum Gasteiger partial charge on any atom is 0.248 e. The van der Waals surface area contributed by atoms with Gasteiger partial charge in [-0.2, -0.15) is 0 Å². The van der Waals surface area contributed by atoms with Crippen molar-refractivity contribution in [3.8, 4) is 0 Å². The molecule has 1 aromatic rings. The first-order chi connectivity index (χ1) is 18.4. The molecule has 0 spiro atoms. The minimum atomic E-state index is -0.521. The Balaban J connectivity index is 1.61. The summed E-state index contributed by atoms with van der Waals surface area (Å²) in [5.41, 5.74) is 4.21. The molecular weight excluding hydrogens is 492 g/mol. The average Bonchev–Trinajstić information content (AvgIpc) is 2.91. The molecule has 1 aliphatic rings. The van der Waals surface area contributed by atoms with E-state index in [1.54, 1.807) is 25.2 Å². The SMILES string of the molecule is CNOCC(=O)NCCCCCCCCNC(=O)CNc1cccc(C=O)c1CNC1CCC(=O)NC1=O. The van der Waals surface area contributed by atoms with Gasteiger partial charge in [-0.3, -0.25) is 34.1 Å². The molecule has 1 atom stereocenters. The molecule has 12 heteroatoms. The van der Waals surface area contributed by atoms with Gasteiger partial charge < -0.3 is 21.3 Å². The second kappa shape index (κ2) is 18.0. The number of hydrogen-bond donors (Lipinski definition) is 6. The monoisotopic (exact) mass is 532 g/mol. The van der Waals surface area contributed by atoms with Gasteiger partial charge in [0.2, 0.25) is 23.6 Å². The standard InChI is InChI=1S/C26H40N6O6/c1-27-38-18-25(36)29-14-7-5-3-2-4-6-13-28-24(35)16-31-21-10-8-9-19(17-33)20(21)15-30-22-11-12-23(34)32-26(22)37/h8-10,17,22,27,30-31H,2-7,11-16,18H2,1H3,(H,28,35)(H,29,36)(H,32,34,37). The van der Waals surface area contributed by atoms with E-state index in [-0.39, 0.29) is 49.7 Å². The molecule has 1 aromatic carbocycles. The number of benzene rings is 1. The third kappa shape index (κ3) is 11.8. The number of anilines is 1. The molecule has 6 N–H and O–H groups in total. The van der Waals surface area contributed by atoms with Crippen molar-refractivity contribution >= 4 is 35.6 Å². The normalized spacial score (nSPS) is 15.0. The highest BCUT2D eigenvalue weighted by Gasteiger charge is 2.26. The van der Waals surface area contributed by atoms with Crippen molar-refractivity contribution in [3.63, 3.8) is 0 Å². The third-order valence-electron chi connectivity index (χ3n) is 6.14. The summed E-state index contributed by atoms with van der Waals surface area (Å²) in [6, 6.07) is 4.67. The molecule has 0 radical (unpaired) electrons. The van der Waals surface area contributed by atoms with Crippen LogP contribution in [0, 0.1) is 0 Å². The topological polar surface area (TPSA) is 167 Å². The molecule has 0 aliphatic carbocycles. The van der Waals surface area contributed by atoms with Gasteiger partial charge in [0.1, 0.15) is 12.9 Å². The van der Waals surface area contributed by atoms with E-state index in [2.05, 4.69) is 32.1 Å². The first-order valence-corrected chi connectivity index (χ1v) is 13.1. The highest BCUT2D eigenvalue weighted by atomic mass is 16.6. The fourth-order valence-electron chi connectivity index (χ4n) is 4.03. The lowest BCUT2D eigenvalue weighted by molar-refractivity contribution is -0.135. The van der Waals surface area contributed by atoms with Crippen LogP contribution < -0.4 is 32.1 Å². The first-order valence-electron chi connectivity index (χ1n) is 13.1. The van der Waals surface area contributed by atoms with Crippen molar-refractivity contribution in [1.82, 2.24) is 26.7 Å². The van der Waals surface area contributed by atoms with Gasteiger partial charge >= 0.3 is 0 Å². The summed E-state index contributed by atoms with van der Waals surface area (Å²) < 4.78 is 0. The number of nitrogens with one attached hydrogen (secondary N) is 6. The highest BCUT2D eigenvalue weighted by molar-refractivity contribution is 6.00. The van der Waals surface area contributed by atoms with Crippen molar-refractivity contribution in [2.24, 2.45) is 0 Å². The summed E-state index contributed by atoms with van der Waals surface area (Å²) in [4.78, 5) is 63.4. The number of carbonyl (C=O) groups is 5. The Hall–Kier alpha value is -3.35. The Morgan fingerprint density at radius 1 is 1.03 bits per heavy atom. The molecule has 38 heavy (non-hydrogen) atoms. The fraction of sp³-hybridized carbons (Fsp3) is 0.577. The summed E-state index contributed by atoms with van der Waals surface area (Å²) in [5, 5.41) is 14.2. The quantitative estimate of drug-likeness (QED) is 0.0645. The lowest BCUT2D eigenvalue weighted by Crippen LogP contribution is -2.50. The van der Waals surface area contributed by atoms with Gasteiger partial charge in [0.15, 0.2) is 0 Å². The van der Waals surface area contributed by atoms with Crippen LogP contribution >= 0.6 is 0 Å². The molecule has 1 saturated heterocycles. The molecule has 210 valence electrons. The summed E-state index contributed by atoms with van der Waals surface area (Å²) >= 11 is 0. The van der Waals surface area contributed by atoms with E-state index in [4.69, 9.17) is 4.84 Å². The molecule has 1 heterocycles. The van der Waals surface area contributed by atoms with Crippen LogP contribution in [-0.4, -0.2) is 69.2 Å². The van der Waals surface area contributed by atoms with Gasteiger partial charge in [-0.1, -0.05) is 37.8 Å². The van der Waals surface area contributed by atoms with Gasteiger partial charge in [-0.15, -0.1) is 0 Å². The van der Waals surface area contributed by atoms with E-state index in [1.165, 1.54) is 0 Å². The highest BCUT2D eigenvalue weighted by Crippen LogP contribution is 2.19. The van der Waals surface area contributed by atoms with Crippen LogP contribution in [0.1, 0.15) is 67.3 Å². The summed E-state index contributed by atoms with van der Waals surface area (Å²) in [5.74, 6) is -0.952. The largest absolute Gasteiger partial charge is 0.376 e.